The van der Waals surface area contributed by atoms with Crippen molar-refractivity contribution in [2.24, 2.45) is 0 Å². The summed E-state index contributed by atoms with van der Waals surface area (Å²) in [6.45, 7) is 0. The molecular formula is C19H16O3S. The number of methoxy groups -OCH3 is 1. The normalized spacial score (nSPS) is 10.5. The van der Waals surface area contributed by atoms with Crippen molar-refractivity contribution in [2.45, 2.75) is 5.09 Å². The van der Waals surface area contributed by atoms with Crippen molar-refractivity contribution in [1.82, 2.24) is 0 Å². The summed E-state index contributed by atoms with van der Waals surface area (Å²) >= 11 is 1.43. The Morgan fingerprint density at radius 2 is 1.74 bits per heavy atom. The van der Waals surface area contributed by atoms with E-state index in [2.05, 4.69) is 0 Å². The van der Waals surface area contributed by atoms with Crippen LogP contribution in [-0.2, 0) is 0 Å². The molecular weight excluding hydrogens is 308 g/mol. The molecule has 0 amide bonds. The molecule has 0 N–H and O–H groups in total. The molecule has 0 aliphatic heterocycles. The Morgan fingerprint density at radius 3 is 2.35 bits per heavy atom. The molecule has 0 unspecified atom stereocenters. The topological polar surface area (TPSA) is 39.4 Å². The third-order valence-corrected chi connectivity index (χ3v) is 4.21. The van der Waals surface area contributed by atoms with Gasteiger partial charge in [0.2, 0.25) is 0 Å². The van der Waals surface area contributed by atoms with E-state index in [1.807, 2.05) is 42.7 Å². The second-order valence-corrected chi connectivity index (χ2v) is 5.72. The standard InChI is InChI=1S/C19H16O3S/c1-21-15-10-8-14(9-11-15)18(20)16-12-17(22-19(16)23-2)13-6-4-3-5-7-13/h3-12H,1-2H3. The summed E-state index contributed by atoms with van der Waals surface area (Å²) in [5.74, 6) is 1.37. The molecule has 0 aliphatic rings. The van der Waals surface area contributed by atoms with Crippen LogP contribution in [-0.4, -0.2) is 19.1 Å². The molecule has 0 radical (unpaired) electrons. The number of ketones is 1. The second kappa shape index (κ2) is 6.75. The van der Waals surface area contributed by atoms with Crippen LogP contribution in [0.4, 0.5) is 0 Å². The average molecular weight is 324 g/mol. The maximum atomic E-state index is 12.8. The van der Waals surface area contributed by atoms with Crippen molar-refractivity contribution in [3.63, 3.8) is 0 Å². The molecule has 0 fully saturated rings. The van der Waals surface area contributed by atoms with E-state index < -0.39 is 0 Å². The van der Waals surface area contributed by atoms with Gasteiger partial charge in [-0.1, -0.05) is 42.1 Å². The van der Waals surface area contributed by atoms with Crippen LogP contribution in [0, 0.1) is 0 Å². The molecule has 1 aromatic heterocycles. The van der Waals surface area contributed by atoms with Gasteiger partial charge in [-0.2, -0.15) is 0 Å². The van der Waals surface area contributed by atoms with Gasteiger partial charge in [-0.25, -0.2) is 0 Å². The van der Waals surface area contributed by atoms with E-state index in [-0.39, 0.29) is 5.78 Å². The highest BCUT2D eigenvalue weighted by Gasteiger charge is 2.19. The second-order valence-electron chi connectivity index (χ2n) is 4.94. The Balaban J connectivity index is 1.98. The minimum absolute atomic E-state index is 0.0528. The highest BCUT2D eigenvalue weighted by atomic mass is 32.2. The largest absolute Gasteiger partial charge is 0.497 e. The van der Waals surface area contributed by atoms with Gasteiger partial charge in [0.25, 0.3) is 0 Å². The van der Waals surface area contributed by atoms with E-state index >= 15 is 0 Å². The van der Waals surface area contributed by atoms with E-state index in [1.165, 1.54) is 11.8 Å². The van der Waals surface area contributed by atoms with Crippen molar-refractivity contribution in [1.29, 1.82) is 0 Å². The highest BCUT2D eigenvalue weighted by Crippen LogP contribution is 2.32. The Bertz CT molecular complexity index is 804. The van der Waals surface area contributed by atoms with Gasteiger partial charge in [0.1, 0.15) is 11.5 Å². The number of carbonyl (C=O) groups is 1. The third-order valence-electron chi connectivity index (χ3n) is 3.54. The van der Waals surface area contributed by atoms with E-state index in [9.17, 15) is 4.79 Å². The number of ether oxygens (including phenoxy) is 1. The maximum Gasteiger partial charge on any atom is 0.197 e. The van der Waals surface area contributed by atoms with Crippen LogP contribution in [0.3, 0.4) is 0 Å². The predicted octanol–water partition coefficient (Wildman–Crippen LogP) is 4.91. The van der Waals surface area contributed by atoms with Crippen LogP contribution in [0.1, 0.15) is 15.9 Å². The molecule has 4 heteroatoms. The Hall–Kier alpha value is -2.46. The minimum atomic E-state index is -0.0528. The molecule has 0 aliphatic carbocycles. The zero-order valence-electron chi connectivity index (χ0n) is 12.9. The molecule has 2 aromatic carbocycles. The van der Waals surface area contributed by atoms with Gasteiger partial charge in [0.05, 0.1) is 12.7 Å². The van der Waals surface area contributed by atoms with Crippen LogP contribution < -0.4 is 4.74 Å². The van der Waals surface area contributed by atoms with E-state index in [1.54, 1.807) is 31.4 Å². The number of hydrogen-bond acceptors (Lipinski definition) is 4. The van der Waals surface area contributed by atoms with Gasteiger partial charge in [-0.15, -0.1) is 0 Å². The first kappa shape index (κ1) is 15.4. The molecule has 0 saturated carbocycles. The fraction of sp³-hybridized carbons (Fsp3) is 0.105. The highest BCUT2D eigenvalue weighted by molar-refractivity contribution is 7.98. The molecule has 1 heterocycles. The van der Waals surface area contributed by atoms with Gasteiger partial charge in [0.15, 0.2) is 10.9 Å². The molecule has 116 valence electrons. The summed E-state index contributed by atoms with van der Waals surface area (Å²) in [4.78, 5) is 12.8. The van der Waals surface area contributed by atoms with Gasteiger partial charge in [-0.3, -0.25) is 4.79 Å². The summed E-state index contributed by atoms with van der Waals surface area (Å²) in [6.07, 6.45) is 1.90. The quantitative estimate of drug-likeness (QED) is 0.494. The summed E-state index contributed by atoms with van der Waals surface area (Å²) in [6, 6.07) is 18.7. The molecule has 0 saturated heterocycles. The molecule has 0 spiro atoms. The van der Waals surface area contributed by atoms with E-state index in [4.69, 9.17) is 9.15 Å². The van der Waals surface area contributed by atoms with Crippen LogP contribution in [0.25, 0.3) is 11.3 Å². The lowest BCUT2D eigenvalue weighted by Gasteiger charge is -2.02. The van der Waals surface area contributed by atoms with Crippen molar-refractivity contribution in [2.75, 3.05) is 13.4 Å². The van der Waals surface area contributed by atoms with Crippen molar-refractivity contribution < 1.29 is 13.9 Å². The van der Waals surface area contributed by atoms with Crippen molar-refractivity contribution >= 4 is 17.5 Å². The zero-order chi connectivity index (χ0) is 16.2. The predicted molar refractivity (Wildman–Crippen MR) is 92.4 cm³/mol. The van der Waals surface area contributed by atoms with Gasteiger partial charge >= 0.3 is 0 Å². The lowest BCUT2D eigenvalue weighted by Crippen LogP contribution is -2.00. The van der Waals surface area contributed by atoms with Crippen LogP contribution in [0.5, 0.6) is 5.75 Å². The van der Waals surface area contributed by atoms with Crippen LogP contribution in [0.2, 0.25) is 0 Å². The molecule has 23 heavy (non-hydrogen) atoms. The number of rotatable bonds is 5. The molecule has 3 nitrogen and oxygen atoms in total. The van der Waals surface area contributed by atoms with Gasteiger partial charge < -0.3 is 9.15 Å². The zero-order valence-corrected chi connectivity index (χ0v) is 13.7. The monoisotopic (exact) mass is 324 g/mol. The molecule has 0 bridgehead atoms. The Kier molecular flexibility index (Phi) is 4.53. The van der Waals surface area contributed by atoms with Crippen molar-refractivity contribution in [3.05, 3.63) is 71.8 Å². The first-order chi connectivity index (χ1) is 11.2. The van der Waals surface area contributed by atoms with E-state index in [0.29, 0.717) is 22.0 Å². The van der Waals surface area contributed by atoms with Crippen LogP contribution >= 0.6 is 11.8 Å². The first-order valence-electron chi connectivity index (χ1n) is 7.15. The van der Waals surface area contributed by atoms with Crippen LogP contribution in [0.15, 0.2) is 70.2 Å². The summed E-state index contributed by atoms with van der Waals surface area (Å²) < 4.78 is 11.0. The Morgan fingerprint density at radius 1 is 1.04 bits per heavy atom. The number of furan rings is 1. The Labute approximate surface area is 139 Å². The number of thioether (sulfide) groups is 1. The maximum absolute atomic E-state index is 12.8. The summed E-state index contributed by atoms with van der Waals surface area (Å²) in [5, 5.41) is 0.629. The lowest BCUT2D eigenvalue weighted by molar-refractivity contribution is 0.103. The van der Waals surface area contributed by atoms with Crippen molar-refractivity contribution in [3.8, 4) is 17.1 Å². The fourth-order valence-electron chi connectivity index (χ4n) is 2.33. The smallest absolute Gasteiger partial charge is 0.197 e. The van der Waals surface area contributed by atoms with E-state index in [0.717, 1.165) is 11.3 Å². The fourth-order valence-corrected chi connectivity index (χ4v) is 2.87. The molecule has 0 atom stereocenters. The minimum Gasteiger partial charge on any atom is -0.497 e. The van der Waals surface area contributed by atoms with Gasteiger partial charge in [-0.05, 0) is 36.6 Å². The number of carbonyl (C=O) groups excluding carboxylic acids is 1. The third kappa shape index (κ3) is 3.17. The number of hydrogen-bond donors (Lipinski definition) is 0. The molecule has 3 aromatic rings. The molecule has 3 rings (SSSR count). The SMILES string of the molecule is COc1ccc(C(=O)c2cc(-c3ccccc3)oc2SC)cc1. The first-order valence-corrected chi connectivity index (χ1v) is 8.37. The number of benzene rings is 2. The lowest BCUT2D eigenvalue weighted by atomic mass is 10.0. The average Bonchev–Trinajstić information content (AvgIpc) is 3.06. The van der Waals surface area contributed by atoms with Gasteiger partial charge in [0, 0.05) is 11.1 Å². The summed E-state index contributed by atoms with van der Waals surface area (Å²) in [5.41, 5.74) is 2.15. The summed E-state index contributed by atoms with van der Waals surface area (Å²) in [7, 11) is 1.60.